The molecule has 0 fully saturated rings. The molecule has 120 valence electrons. The van der Waals surface area contributed by atoms with Crippen LogP contribution in [-0.2, 0) is 24.2 Å². The zero-order valence-corrected chi connectivity index (χ0v) is 14.0. The van der Waals surface area contributed by atoms with Gasteiger partial charge in [0, 0.05) is 11.8 Å². The van der Waals surface area contributed by atoms with Gasteiger partial charge in [0.05, 0.1) is 29.7 Å². The smallest absolute Gasteiger partial charge is 0.309 e. The van der Waals surface area contributed by atoms with E-state index in [9.17, 15) is 4.79 Å². The van der Waals surface area contributed by atoms with Crippen molar-refractivity contribution in [2.75, 3.05) is 0 Å². The minimum absolute atomic E-state index is 0.0278. The highest BCUT2D eigenvalue weighted by molar-refractivity contribution is 7.09. The molecule has 0 amide bonds. The summed E-state index contributed by atoms with van der Waals surface area (Å²) >= 11 is 1.50. The summed E-state index contributed by atoms with van der Waals surface area (Å²) in [5, 5.41) is 11.6. The molecule has 0 bridgehead atoms. The summed E-state index contributed by atoms with van der Waals surface area (Å²) in [5.74, 6) is 0.719. The Morgan fingerprint density at radius 3 is 2.83 bits per heavy atom. The Morgan fingerprint density at radius 2 is 2.09 bits per heavy atom. The molecule has 0 unspecified atom stereocenters. The van der Waals surface area contributed by atoms with Crippen molar-refractivity contribution in [2.45, 2.75) is 33.2 Å². The number of aliphatic carboxylic acids is 1. The maximum Gasteiger partial charge on any atom is 0.309 e. The average molecular weight is 329 g/mol. The fourth-order valence-corrected chi connectivity index (χ4v) is 3.40. The van der Waals surface area contributed by atoms with Crippen LogP contribution in [0.15, 0.2) is 29.6 Å². The van der Waals surface area contributed by atoms with Crippen molar-refractivity contribution in [3.63, 3.8) is 0 Å². The molecule has 3 aromatic rings. The fourth-order valence-electron chi connectivity index (χ4n) is 2.62. The minimum atomic E-state index is -0.851. The molecule has 0 aliphatic carbocycles. The first-order chi connectivity index (χ1) is 11.0. The number of nitrogens with zero attached hydrogens (tertiary/aromatic N) is 3. The van der Waals surface area contributed by atoms with E-state index in [1.807, 2.05) is 23.6 Å². The van der Waals surface area contributed by atoms with Crippen molar-refractivity contribution in [2.24, 2.45) is 5.92 Å². The van der Waals surface area contributed by atoms with E-state index in [1.54, 1.807) is 0 Å². The summed E-state index contributed by atoms with van der Waals surface area (Å²) in [6, 6.07) is 8.09. The first kappa shape index (κ1) is 15.7. The Bertz CT molecular complexity index is 835. The quantitative estimate of drug-likeness (QED) is 0.753. The fraction of sp³-hybridized carbons (Fsp3) is 0.353. The molecule has 1 aromatic carbocycles. The molecule has 0 saturated carbocycles. The van der Waals surface area contributed by atoms with Gasteiger partial charge in [-0.1, -0.05) is 26.0 Å². The molecule has 0 saturated heterocycles. The molecule has 0 atom stereocenters. The van der Waals surface area contributed by atoms with Crippen molar-refractivity contribution >= 4 is 28.3 Å². The first-order valence-corrected chi connectivity index (χ1v) is 8.50. The van der Waals surface area contributed by atoms with Gasteiger partial charge in [0.25, 0.3) is 0 Å². The lowest BCUT2D eigenvalue weighted by Gasteiger charge is -2.09. The predicted octanol–water partition coefficient (Wildman–Crippen LogP) is 3.37. The topological polar surface area (TPSA) is 68.0 Å². The summed E-state index contributed by atoms with van der Waals surface area (Å²) in [7, 11) is 0. The molecule has 0 aliphatic rings. The van der Waals surface area contributed by atoms with E-state index >= 15 is 0 Å². The van der Waals surface area contributed by atoms with E-state index in [4.69, 9.17) is 10.1 Å². The zero-order valence-electron chi connectivity index (χ0n) is 13.2. The van der Waals surface area contributed by atoms with Crippen molar-refractivity contribution in [1.82, 2.24) is 14.5 Å². The highest BCUT2D eigenvalue weighted by atomic mass is 32.1. The summed E-state index contributed by atoms with van der Waals surface area (Å²) in [6.45, 7) is 4.99. The van der Waals surface area contributed by atoms with E-state index < -0.39 is 5.97 Å². The number of imidazole rings is 1. The molecular formula is C17H19N3O2S. The molecule has 0 aliphatic heterocycles. The highest BCUT2D eigenvalue weighted by Crippen LogP contribution is 2.21. The Balaban J connectivity index is 1.94. The number of hydrogen-bond acceptors (Lipinski definition) is 4. The van der Waals surface area contributed by atoms with Crippen molar-refractivity contribution in [1.29, 1.82) is 0 Å². The number of thiazole rings is 1. The first-order valence-electron chi connectivity index (χ1n) is 7.62. The summed E-state index contributed by atoms with van der Waals surface area (Å²) in [6.07, 6.45) is 0.877. The molecule has 3 rings (SSSR count). The third-order valence-corrected chi connectivity index (χ3v) is 4.43. The van der Waals surface area contributed by atoms with Crippen LogP contribution in [0.5, 0.6) is 0 Å². The molecule has 6 heteroatoms. The van der Waals surface area contributed by atoms with Gasteiger partial charge in [0.1, 0.15) is 10.8 Å². The van der Waals surface area contributed by atoms with Gasteiger partial charge in [-0.3, -0.25) is 4.79 Å². The number of hydrogen-bond donors (Lipinski definition) is 1. The van der Waals surface area contributed by atoms with E-state index in [2.05, 4.69) is 29.5 Å². The van der Waals surface area contributed by atoms with Gasteiger partial charge in [0.2, 0.25) is 0 Å². The van der Waals surface area contributed by atoms with Crippen LogP contribution in [0.1, 0.15) is 30.4 Å². The Hall–Kier alpha value is -2.21. The standard InChI is InChI=1S/C17H19N3O2S/c1-11(2)7-15-19-13-5-3-4-6-14(13)20(15)9-16-18-12(10-23-16)8-17(21)22/h3-6,10-11H,7-9H2,1-2H3,(H,21,22). The van der Waals surface area contributed by atoms with Gasteiger partial charge in [0.15, 0.2) is 0 Å². The number of carboxylic acid groups (broad SMARTS) is 1. The van der Waals surface area contributed by atoms with Gasteiger partial charge >= 0.3 is 5.97 Å². The van der Waals surface area contributed by atoms with Gasteiger partial charge < -0.3 is 9.67 Å². The average Bonchev–Trinajstić information content (AvgIpc) is 3.04. The summed E-state index contributed by atoms with van der Waals surface area (Å²) in [4.78, 5) is 20.0. The van der Waals surface area contributed by atoms with Crippen LogP contribution in [0, 0.1) is 5.92 Å². The van der Waals surface area contributed by atoms with E-state index in [0.717, 1.165) is 28.3 Å². The normalized spacial score (nSPS) is 11.4. The van der Waals surface area contributed by atoms with Crippen LogP contribution >= 0.6 is 11.3 Å². The lowest BCUT2D eigenvalue weighted by molar-refractivity contribution is -0.136. The van der Waals surface area contributed by atoms with Gasteiger partial charge in [-0.2, -0.15) is 0 Å². The lowest BCUT2D eigenvalue weighted by Crippen LogP contribution is -2.08. The number of carboxylic acids is 1. The second-order valence-corrected chi connectivity index (χ2v) is 6.95. The second kappa shape index (κ2) is 6.50. The third-order valence-electron chi connectivity index (χ3n) is 3.55. The number of para-hydroxylation sites is 2. The molecule has 0 radical (unpaired) electrons. The molecule has 0 spiro atoms. The molecule has 23 heavy (non-hydrogen) atoms. The van der Waals surface area contributed by atoms with Crippen LogP contribution in [0.25, 0.3) is 11.0 Å². The maximum atomic E-state index is 10.8. The molecular weight excluding hydrogens is 310 g/mol. The molecule has 2 heterocycles. The third kappa shape index (κ3) is 3.59. The van der Waals surface area contributed by atoms with E-state index in [-0.39, 0.29) is 6.42 Å². The Kier molecular flexibility index (Phi) is 4.43. The number of aromatic nitrogens is 3. The number of carbonyl (C=O) groups is 1. The number of rotatable bonds is 6. The lowest BCUT2D eigenvalue weighted by atomic mass is 10.1. The van der Waals surface area contributed by atoms with Crippen molar-refractivity contribution in [3.05, 3.63) is 46.2 Å². The van der Waals surface area contributed by atoms with Gasteiger partial charge in [-0.05, 0) is 18.1 Å². The van der Waals surface area contributed by atoms with Crippen molar-refractivity contribution < 1.29 is 9.90 Å². The molecule has 1 N–H and O–H groups in total. The van der Waals surface area contributed by atoms with E-state index in [0.29, 0.717) is 18.2 Å². The Morgan fingerprint density at radius 1 is 1.30 bits per heavy atom. The Labute approximate surface area is 138 Å². The van der Waals surface area contributed by atoms with Crippen LogP contribution in [0.4, 0.5) is 0 Å². The summed E-state index contributed by atoms with van der Waals surface area (Å²) < 4.78 is 2.19. The summed E-state index contributed by atoms with van der Waals surface area (Å²) in [5.41, 5.74) is 2.70. The number of fused-ring (bicyclic) bond motifs is 1. The zero-order chi connectivity index (χ0) is 16.4. The van der Waals surface area contributed by atoms with E-state index in [1.165, 1.54) is 11.3 Å². The van der Waals surface area contributed by atoms with Crippen LogP contribution in [-0.4, -0.2) is 25.6 Å². The largest absolute Gasteiger partial charge is 0.481 e. The molecule has 5 nitrogen and oxygen atoms in total. The molecule has 2 aromatic heterocycles. The van der Waals surface area contributed by atoms with Crippen LogP contribution in [0.3, 0.4) is 0 Å². The van der Waals surface area contributed by atoms with Gasteiger partial charge in [-0.25, -0.2) is 9.97 Å². The highest BCUT2D eigenvalue weighted by Gasteiger charge is 2.14. The maximum absolute atomic E-state index is 10.8. The van der Waals surface area contributed by atoms with Crippen LogP contribution < -0.4 is 0 Å². The van der Waals surface area contributed by atoms with Crippen LogP contribution in [0.2, 0.25) is 0 Å². The van der Waals surface area contributed by atoms with Gasteiger partial charge in [-0.15, -0.1) is 11.3 Å². The number of benzene rings is 1. The van der Waals surface area contributed by atoms with Crippen molar-refractivity contribution in [3.8, 4) is 0 Å². The SMILES string of the molecule is CC(C)Cc1nc2ccccc2n1Cc1nc(CC(=O)O)cs1. The monoisotopic (exact) mass is 329 g/mol. The second-order valence-electron chi connectivity index (χ2n) is 6.00. The minimum Gasteiger partial charge on any atom is -0.481 e. The predicted molar refractivity (Wildman–Crippen MR) is 90.8 cm³/mol.